The van der Waals surface area contributed by atoms with Crippen molar-refractivity contribution in [3.8, 4) is 0 Å². The molecule has 26 heavy (non-hydrogen) atoms. The zero-order chi connectivity index (χ0) is 17.3. The second-order valence-corrected chi connectivity index (χ2v) is 8.07. The number of anilines is 3. The maximum absolute atomic E-state index is 11.6. The average molecular weight is 444 g/mol. The van der Waals surface area contributed by atoms with Gasteiger partial charge >= 0.3 is 0 Å². The predicted molar refractivity (Wildman–Crippen MR) is 109 cm³/mol. The Morgan fingerprint density at radius 3 is 2.50 bits per heavy atom. The summed E-state index contributed by atoms with van der Waals surface area (Å²) in [5.41, 5.74) is 7.07. The normalized spacial score (nSPS) is 15.1. The summed E-state index contributed by atoms with van der Waals surface area (Å²) < 4.78 is 25.7. The van der Waals surface area contributed by atoms with Gasteiger partial charge in [0.25, 0.3) is 0 Å². The molecule has 8 nitrogen and oxygen atoms in total. The molecule has 1 aliphatic heterocycles. The van der Waals surface area contributed by atoms with E-state index in [1.807, 2.05) is 6.07 Å². The number of halogens is 3. The lowest BCUT2D eigenvalue weighted by Gasteiger charge is -2.32. The summed E-state index contributed by atoms with van der Waals surface area (Å²) in [5, 5.41) is 7.29. The average Bonchev–Trinajstić information content (AvgIpc) is 2.95. The van der Waals surface area contributed by atoms with Crippen molar-refractivity contribution >= 4 is 64.0 Å². The first-order valence-electron chi connectivity index (χ1n) is 7.52. The predicted octanol–water partition coefficient (Wildman–Crippen LogP) is 2.64. The third kappa shape index (κ3) is 5.54. The fraction of sp³-hybridized carbons (Fsp3) is 0.429. The van der Waals surface area contributed by atoms with Gasteiger partial charge in [0, 0.05) is 18.1 Å². The summed E-state index contributed by atoms with van der Waals surface area (Å²) in [7, 11) is -3.34. The Morgan fingerprint density at radius 1 is 1.31 bits per heavy atom. The van der Waals surface area contributed by atoms with Gasteiger partial charge in [-0.1, -0.05) is 11.6 Å². The molecular weight excluding hydrogens is 423 g/mol. The van der Waals surface area contributed by atoms with Crippen molar-refractivity contribution in [3.63, 3.8) is 0 Å². The van der Waals surface area contributed by atoms with E-state index in [9.17, 15) is 8.42 Å². The molecule has 2 heterocycles. The van der Waals surface area contributed by atoms with Crippen LogP contribution in [0, 0.1) is 0 Å². The van der Waals surface area contributed by atoms with E-state index < -0.39 is 10.0 Å². The lowest BCUT2D eigenvalue weighted by atomic mass is 9.88. The monoisotopic (exact) mass is 442 g/mol. The maximum Gasteiger partial charge on any atom is 0.246 e. The van der Waals surface area contributed by atoms with Gasteiger partial charge in [0.05, 0.1) is 11.9 Å². The van der Waals surface area contributed by atoms with Gasteiger partial charge in [-0.15, -0.1) is 29.9 Å². The highest BCUT2D eigenvalue weighted by atomic mass is 35.5. The first kappa shape index (κ1) is 22.6. The molecule has 1 aromatic heterocycles. The number of hydrogen-bond acceptors (Lipinski definition) is 6. The van der Waals surface area contributed by atoms with E-state index in [-0.39, 0.29) is 30.7 Å². The number of sulfonamides is 1. The highest BCUT2D eigenvalue weighted by Crippen LogP contribution is 2.35. The topological polar surface area (TPSA) is 117 Å². The standard InChI is InChI=1S/C14H19ClN6O2S.2ClH/c1-24(22,23)20-12-3-2-10(15)8-11(12)9-4-6-21(7-5-9)14-17-13(16)18-19-14;;/h2-3,8-9,20H,4-7H2,1H3,(H3,16,17,18,19);2*1H. The van der Waals surface area contributed by atoms with Gasteiger partial charge in [-0.2, -0.15) is 4.98 Å². The number of nitrogens with two attached hydrogens (primary N) is 1. The van der Waals surface area contributed by atoms with E-state index in [4.69, 9.17) is 17.3 Å². The number of nitrogens with zero attached hydrogens (tertiary/aromatic N) is 3. The van der Waals surface area contributed by atoms with Crippen LogP contribution in [0.15, 0.2) is 18.2 Å². The van der Waals surface area contributed by atoms with Crippen LogP contribution in [0.3, 0.4) is 0 Å². The molecule has 0 atom stereocenters. The molecule has 1 saturated heterocycles. The third-order valence-electron chi connectivity index (χ3n) is 4.02. The number of piperidine rings is 1. The number of nitrogens with one attached hydrogen (secondary N) is 2. The number of benzene rings is 1. The van der Waals surface area contributed by atoms with Crippen LogP contribution in [0.1, 0.15) is 24.3 Å². The molecule has 0 unspecified atom stereocenters. The first-order chi connectivity index (χ1) is 11.3. The van der Waals surface area contributed by atoms with Crippen molar-refractivity contribution in [3.05, 3.63) is 28.8 Å². The molecule has 146 valence electrons. The molecule has 0 spiro atoms. The Kier molecular flexibility index (Phi) is 7.82. The smallest absolute Gasteiger partial charge is 0.246 e. The lowest BCUT2D eigenvalue weighted by Crippen LogP contribution is -2.34. The van der Waals surface area contributed by atoms with Crippen molar-refractivity contribution < 1.29 is 8.42 Å². The van der Waals surface area contributed by atoms with E-state index in [0.717, 1.165) is 37.8 Å². The highest BCUT2D eigenvalue weighted by molar-refractivity contribution is 7.92. The molecule has 0 saturated carbocycles. The number of aromatic amines is 1. The minimum Gasteiger partial charge on any atom is -0.368 e. The number of H-pyrrole nitrogens is 1. The molecule has 3 rings (SSSR count). The molecule has 1 fully saturated rings. The molecule has 4 N–H and O–H groups in total. The van der Waals surface area contributed by atoms with Crippen LogP contribution in [0.2, 0.25) is 5.02 Å². The summed E-state index contributed by atoms with van der Waals surface area (Å²) in [6.07, 6.45) is 2.82. The summed E-state index contributed by atoms with van der Waals surface area (Å²) in [5.74, 6) is 1.09. The Bertz CT molecular complexity index is 837. The molecule has 1 aliphatic rings. The Balaban J connectivity index is 0.00000169. The molecule has 12 heteroatoms. The Hall–Kier alpha value is -1.42. The third-order valence-corrected chi connectivity index (χ3v) is 4.84. The summed E-state index contributed by atoms with van der Waals surface area (Å²) >= 11 is 6.11. The fourth-order valence-corrected chi connectivity index (χ4v) is 3.73. The zero-order valence-electron chi connectivity index (χ0n) is 14.0. The molecule has 2 aromatic rings. The van der Waals surface area contributed by atoms with Crippen molar-refractivity contribution in [1.82, 2.24) is 15.2 Å². The Labute approximate surface area is 169 Å². The molecule has 0 amide bonds. The SMILES string of the molecule is CS(=O)(=O)Nc1ccc(Cl)cc1C1CCN(c2n[nH]c(N)n2)CC1.Cl.Cl. The van der Waals surface area contributed by atoms with Crippen LogP contribution in [-0.2, 0) is 10.0 Å². The van der Waals surface area contributed by atoms with Gasteiger partial charge < -0.3 is 10.6 Å². The van der Waals surface area contributed by atoms with E-state index in [1.165, 1.54) is 0 Å². The van der Waals surface area contributed by atoms with Crippen LogP contribution < -0.4 is 15.4 Å². The van der Waals surface area contributed by atoms with Gasteiger partial charge in [0.2, 0.25) is 21.9 Å². The lowest BCUT2D eigenvalue weighted by molar-refractivity contribution is 0.501. The van der Waals surface area contributed by atoms with Crippen LogP contribution in [-0.4, -0.2) is 42.9 Å². The van der Waals surface area contributed by atoms with Crippen molar-refractivity contribution in [2.45, 2.75) is 18.8 Å². The molecule has 0 aliphatic carbocycles. The largest absolute Gasteiger partial charge is 0.368 e. The van der Waals surface area contributed by atoms with Crippen LogP contribution in [0.25, 0.3) is 0 Å². The van der Waals surface area contributed by atoms with Crippen molar-refractivity contribution in [1.29, 1.82) is 0 Å². The van der Waals surface area contributed by atoms with Gasteiger partial charge in [-0.05, 0) is 42.5 Å². The van der Waals surface area contributed by atoms with Gasteiger partial charge in [-0.25, -0.2) is 13.5 Å². The fourth-order valence-electron chi connectivity index (χ4n) is 2.96. The van der Waals surface area contributed by atoms with E-state index in [2.05, 4.69) is 24.8 Å². The summed E-state index contributed by atoms with van der Waals surface area (Å²) in [4.78, 5) is 6.19. The minimum atomic E-state index is -3.34. The van der Waals surface area contributed by atoms with E-state index in [1.54, 1.807) is 12.1 Å². The zero-order valence-corrected chi connectivity index (χ0v) is 17.2. The second kappa shape index (κ2) is 8.98. The molecule has 0 radical (unpaired) electrons. The maximum atomic E-state index is 11.6. The quantitative estimate of drug-likeness (QED) is 0.668. The number of nitrogen functional groups attached to an aromatic ring is 1. The Morgan fingerprint density at radius 2 is 1.96 bits per heavy atom. The van der Waals surface area contributed by atoms with Gasteiger partial charge in [0.15, 0.2) is 0 Å². The molecular formula is C14H21Cl3N6O2S. The van der Waals surface area contributed by atoms with Crippen LogP contribution >= 0.6 is 36.4 Å². The highest BCUT2D eigenvalue weighted by Gasteiger charge is 2.25. The van der Waals surface area contributed by atoms with E-state index >= 15 is 0 Å². The minimum absolute atomic E-state index is 0. The van der Waals surface area contributed by atoms with Gasteiger partial charge in [0.1, 0.15) is 0 Å². The van der Waals surface area contributed by atoms with E-state index in [0.29, 0.717) is 22.6 Å². The van der Waals surface area contributed by atoms with Crippen molar-refractivity contribution in [2.24, 2.45) is 0 Å². The first-order valence-corrected chi connectivity index (χ1v) is 9.79. The molecule has 0 bridgehead atoms. The molecule has 1 aromatic carbocycles. The summed E-state index contributed by atoms with van der Waals surface area (Å²) in [6, 6.07) is 5.23. The van der Waals surface area contributed by atoms with Crippen molar-refractivity contribution in [2.75, 3.05) is 34.7 Å². The number of hydrogen-bond donors (Lipinski definition) is 3. The summed E-state index contributed by atoms with van der Waals surface area (Å²) in [6.45, 7) is 1.51. The number of aromatic nitrogens is 3. The van der Waals surface area contributed by atoms with Gasteiger partial charge in [-0.3, -0.25) is 4.72 Å². The van der Waals surface area contributed by atoms with Crippen LogP contribution in [0.4, 0.5) is 17.6 Å². The second-order valence-electron chi connectivity index (χ2n) is 5.89. The van der Waals surface area contributed by atoms with Crippen LogP contribution in [0.5, 0.6) is 0 Å². The number of rotatable bonds is 4.